The number of carbonyl (C=O) groups excluding carboxylic acids is 1. The Balaban J connectivity index is 2.57. The number of para-hydroxylation sites is 1. The number of non-ortho nitro benzene ring substituents is 1. The van der Waals surface area contributed by atoms with Gasteiger partial charge in [-0.3, -0.25) is 25.0 Å². The first-order chi connectivity index (χ1) is 11.0. The maximum Gasteiger partial charge on any atom is 0.317 e. The molecule has 0 heterocycles. The lowest BCUT2D eigenvalue weighted by Gasteiger charge is -2.15. The van der Waals surface area contributed by atoms with Crippen LogP contribution in [0.4, 0.5) is 11.4 Å². The number of nitro groups is 2. The largest absolute Gasteiger partial charge is 0.468 e. The number of benzene rings is 2. The van der Waals surface area contributed by atoms with Gasteiger partial charge in [-0.25, -0.2) is 0 Å². The number of rotatable bonds is 5. The van der Waals surface area contributed by atoms with Crippen molar-refractivity contribution in [2.45, 2.75) is 5.92 Å². The Kier molecular flexibility index (Phi) is 4.65. The van der Waals surface area contributed by atoms with Gasteiger partial charge in [0.2, 0.25) is 0 Å². The summed E-state index contributed by atoms with van der Waals surface area (Å²) in [5.74, 6) is -1.73. The molecule has 8 nitrogen and oxygen atoms in total. The van der Waals surface area contributed by atoms with Crippen molar-refractivity contribution in [2.75, 3.05) is 7.11 Å². The molecule has 2 rings (SSSR count). The zero-order valence-electron chi connectivity index (χ0n) is 12.0. The number of methoxy groups -OCH3 is 1. The highest BCUT2D eigenvalue weighted by Gasteiger charge is 2.30. The number of nitro benzene ring substituents is 2. The van der Waals surface area contributed by atoms with Crippen LogP contribution in [-0.2, 0) is 9.53 Å². The summed E-state index contributed by atoms with van der Waals surface area (Å²) in [6.45, 7) is 0. The molecule has 0 saturated heterocycles. The molecule has 0 N–H and O–H groups in total. The smallest absolute Gasteiger partial charge is 0.317 e. The molecule has 2 aromatic rings. The van der Waals surface area contributed by atoms with Gasteiger partial charge in [0.05, 0.1) is 17.0 Å². The van der Waals surface area contributed by atoms with Crippen LogP contribution in [0.3, 0.4) is 0 Å². The Morgan fingerprint density at radius 2 is 1.61 bits per heavy atom. The van der Waals surface area contributed by atoms with Crippen LogP contribution in [0, 0.1) is 20.2 Å². The molecule has 0 amide bonds. The van der Waals surface area contributed by atoms with Gasteiger partial charge in [0, 0.05) is 23.8 Å². The van der Waals surface area contributed by atoms with Gasteiger partial charge in [-0.15, -0.1) is 0 Å². The fourth-order valence-corrected chi connectivity index (χ4v) is 2.25. The number of nitrogens with zero attached hydrogens (tertiary/aromatic N) is 2. The molecular formula is C15H12N2O6. The molecule has 0 aliphatic heterocycles. The third kappa shape index (κ3) is 3.31. The molecule has 0 bridgehead atoms. The summed E-state index contributed by atoms with van der Waals surface area (Å²) in [7, 11) is 1.18. The van der Waals surface area contributed by atoms with Crippen LogP contribution in [0.5, 0.6) is 0 Å². The molecule has 23 heavy (non-hydrogen) atoms. The lowest BCUT2D eigenvalue weighted by atomic mass is 9.90. The molecule has 1 atom stereocenters. The highest BCUT2D eigenvalue weighted by atomic mass is 16.6. The van der Waals surface area contributed by atoms with Gasteiger partial charge in [-0.2, -0.15) is 0 Å². The zero-order valence-corrected chi connectivity index (χ0v) is 12.0. The molecule has 0 aliphatic rings. The van der Waals surface area contributed by atoms with Crippen molar-refractivity contribution < 1.29 is 19.4 Å². The summed E-state index contributed by atoms with van der Waals surface area (Å²) < 4.78 is 4.74. The Bertz CT molecular complexity index is 757. The van der Waals surface area contributed by atoms with E-state index in [1.54, 1.807) is 6.07 Å². The fourth-order valence-electron chi connectivity index (χ4n) is 2.25. The molecule has 0 spiro atoms. The lowest BCUT2D eigenvalue weighted by molar-refractivity contribution is -0.385. The van der Waals surface area contributed by atoms with Crippen molar-refractivity contribution in [3.63, 3.8) is 0 Å². The Morgan fingerprint density at radius 1 is 1.00 bits per heavy atom. The summed E-state index contributed by atoms with van der Waals surface area (Å²) in [5.41, 5.74) is 0.177. The predicted molar refractivity (Wildman–Crippen MR) is 80.1 cm³/mol. The van der Waals surface area contributed by atoms with Crippen LogP contribution >= 0.6 is 0 Å². The van der Waals surface area contributed by atoms with E-state index in [0.29, 0.717) is 5.56 Å². The van der Waals surface area contributed by atoms with Gasteiger partial charge in [0.1, 0.15) is 5.92 Å². The molecule has 0 aliphatic carbocycles. The van der Waals surface area contributed by atoms with Gasteiger partial charge in [0.25, 0.3) is 11.4 Å². The van der Waals surface area contributed by atoms with E-state index in [1.807, 2.05) is 0 Å². The average molecular weight is 316 g/mol. The van der Waals surface area contributed by atoms with Gasteiger partial charge < -0.3 is 4.74 Å². The van der Waals surface area contributed by atoms with Crippen molar-refractivity contribution in [3.05, 3.63) is 79.9 Å². The summed E-state index contributed by atoms with van der Waals surface area (Å²) >= 11 is 0. The first kappa shape index (κ1) is 16.1. The summed E-state index contributed by atoms with van der Waals surface area (Å²) in [6, 6.07) is 11.1. The fraction of sp³-hybridized carbons (Fsp3) is 0.133. The third-order valence-electron chi connectivity index (χ3n) is 3.32. The monoisotopic (exact) mass is 316 g/mol. The van der Waals surface area contributed by atoms with Crippen LogP contribution < -0.4 is 0 Å². The van der Waals surface area contributed by atoms with Crippen molar-refractivity contribution in [2.24, 2.45) is 0 Å². The van der Waals surface area contributed by atoms with Gasteiger partial charge in [-0.05, 0) is 5.56 Å². The molecule has 0 radical (unpaired) electrons. The Labute approximate surface area is 130 Å². The minimum atomic E-state index is -1.04. The second-order valence-corrected chi connectivity index (χ2v) is 4.62. The zero-order chi connectivity index (χ0) is 17.0. The van der Waals surface area contributed by atoms with Crippen LogP contribution in [0.25, 0.3) is 0 Å². The quantitative estimate of drug-likeness (QED) is 0.476. The van der Waals surface area contributed by atoms with E-state index in [4.69, 9.17) is 4.74 Å². The van der Waals surface area contributed by atoms with Crippen molar-refractivity contribution in [3.8, 4) is 0 Å². The van der Waals surface area contributed by atoms with Crippen LogP contribution in [0.15, 0.2) is 48.5 Å². The summed E-state index contributed by atoms with van der Waals surface area (Å²) in [5, 5.41) is 21.9. The SMILES string of the molecule is COC(=O)C(c1ccc([N+](=O)[O-])cc1)c1ccccc1[N+](=O)[O-]. The van der Waals surface area contributed by atoms with E-state index >= 15 is 0 Å². The number of esters is 1. The predicted octanol–water partition coefficient (Wildman–Crippen LogP) is 2.81. The Hall–Kier alpha value is -3.29. The molecule has 0 fully saturated rings. The molecule has 0 saturated carbocycles. The molecule has 118 valence electrons. The van der Waals surface area contributed by atoms with Gasteiger partial charge in [-0.1, -0.05) is 30.3 Å². The van der Waals surface area contributed by atoms with E-state index in [9.17, 15) is 25.0 Å². The second-order valence-electron chi connectivity index (χ2n) is 4.62. The standard InChI is InChI=1S/C15H12N2O6/c1-23-15(18)14(10-6-8-11(9-7-10)16(19)20)12-4-2-3-5-13(12)17(21)22/h2-9,14H,1H3. The maximum absolute atomic E-state index is 12.1. The Morgan fingerprint density at radius 3 is 2.13 bits per heavy atom. The normalized spacial score (nSPS) is 11.5. The highest BCUT2D eigenvalue weighted by molar-refractivity contribution is 5.83. The average Bonchev–Trinajstić information content (AvgIpc) is 2.55. The number of ether oxygens (including phenoxy) is 1. The van der Waals surface area contributed by atoms with E-state index in [0.717, 1.165) is 0 Å². The van der Waals surface area contributed by atoms with Crippen LogP contribution in [0.1, 0.15) is 17.0 Å². The molecule has 8 heteroatoms. The third-order valence-corrected chi connectivity index (χ3v) is 3.32. The summed E-state index contributed by atoms with van der Waals surface area (Å²) in [4.78, 5) is 32.9. The molecule has 2 aromatic carbocycles. The summed E-state index contributed by atoms with van der Waals surface area (Å²) in [6.07, 6.45) is 0. The van der Waals surface area contributed by atoms with E-state index < -0.39 is 21.7 Å². The topological polar surface area (TPSA) is 113 Å². The first-order valence-electron chi connectivity index (χ1n) is 6.51. The van der Waals surface area contributed by atoms with E-state index in [2.05, 4.69) is 0 Å². The minimum absolute atomic E-state index is 0.139. The molecule has 1 unspecified atom stereocenters. The molecular weight excluding hydrogens is 304 g/mol. The van der Waals surface area contributed by atoms with Crippen LogP contribution in [-0.4, -0.2) is 22.9 Å². The van der Waals surface area contributed by atoms with Crippen molar-refractivity contribution in [1.29, 1.82) is 0 Å². The second kappa shape index (κ2) is 6.65. The first-order valence-corrected chi connectivity index (χ1v) is 6.51. The van der Waals surface area contributed by atoms with Gasteiger partial charge >= 0.3 is 5.97 Å². The highest BCUT2D eigenvalue weighted by Crippen LogP contribution is 2.33. The van der Waals surface area contributed by atoms with Crippen molar-refractivity contribution in [1.82, 2.24) is 0 Å². The lowest BCUT2D eigenvalue weighted by Crippen LogP contribution is -2.17. The van der Waals surface area contributed by atoms with E-state index in [1.165, 1.54) is 49.6 Å². The van der Waals surface area contributed by atoms with Crippen LogP contribution in [0.2, 0.25) is 0 Å². The maximum atomic E-state index is 12.1. The van der Waals surface area contributed by atoms with Crippen molar-refractivity contribution >= 4 is 17.3 Å². The van der Waals surface area contributed by atoms with E-state index in [-0.39, 0.29) is 16.9 Å². The number of hydrogen-bond donors (Lipinski definition) is 0. The molecule has 0 aromatic heterocycles. The van der Waals surface area contributed by atoms with Gasteiger partial charge in [0.15, 0.2) is 0 Å². The minimum Gasteiger partial charge on any atom is -0.468 e. The number of hydrogen-bond acceptors (Lipinski definition) is 6. The number of carbonyl (C=O) groups is 1.